The average Bonchev–Trinajstić information content (AvgIpc) is 3.02. The molecule has 1 aromatic rings. The molecular weight excluding hydrogens is 328 g/mol. The molecule has 134 valence electrons. The Morgan fingerprint density at radius 2 is 2.00 bits per heavy atom. The summed E-state index contributed by atoms with van der Waals surface area (Å²) in [5.74, 6) is 0.630. The summed E-state index contributed by atoms with van der Waals surface area (Å²) in [4.78, 5) is 4.40. The van der Waals surface area contributed by atoms with E-state index < -0.39 is 10.0 Å². The minimum Gasteiger partial charge on any atom is -0.373 e. The molecule has 2 rings (SSSR count). The third kappa shape index (κ3) is 5.47. The predicted molar refractivity (Wildman–Crippen MR) is 94.6 cm³/mol. The summed E-state index contributed by atoms with van der Waals surface area (Å²) in [5, 5.41) is 6.31. The Bertz CT molecular complexity index is 641. The lowest BCUT2D eigenvalue weighted by molar-refractivity contribution is 0.0243. The third-order valence-corrected chi connectivity index (χ3v) is 5.39. The summed E-state index contributed by atoms with van der Waals surface area (Å²) in [6.07, 6.45) is 2.10. The normalized spacial score (nSPS) is 21.7. The van der Waals surface area contributed by atoms with Crippen LogP contribution in [0.1, 0.15) is 19.8 Å². The predicted octanol–water partition coefficient (Wildman–Crippen LogP) is 0.699. The Morgan fingerprint density at radius 3 is 2.62 bits per heavy atom. The van der Waals surface area contributed by atoms with Gasteiger partial charge in [0, 0.05) is 33.3 Å². The van der Waals surface area contributed by atoms with Gasteiger partial charge in [-0.05, 0) is 31.9 Å². The molecule has 0 spiro atoms. The monoisotopic (exact) mass is 354 g/mol. The Morgan fingerprint density at radius 1 is 1.25 bits per heavy atom. The van der Waals surface area contributed by atoms with Crippen LogP contribution in [0.2, 0.25) is 0 Å². The zero-order valence-electron chi connectivity index (χ0n) is 14.2. The number of hydrogen-bond donors (Lipinski definition) is 3. The lowest BCUT2D eigenvalue weighted by Gasteiger charge is -2.24. The van der Waals surface area contributed by atoms with E-state index in [2.05, 4.69) is 27.3 Å². The van der Waals surface area contributed by atoms with E-state index in [0.717, 1.165) is 19.4 Å². The Balaban J connectivity index is 1.72. The molecule has 1 saturated heterocycles. The Hall–Kier alpha value is -1.64. The van der Waals surface area contributed by atoms with Crippen molar-refractivity contribution >= 4 is 16.0 Å². The van der Waals surface area contributed by atoms with Gasteiger partial charge in [0.05, 0.1) is 10.5 Å². The summed E-state index contributed by atoms with van der Waals surface area (Å²) in [6, 6.07) is 8.32. The van der Waals surface area contributed by atoms with Gasteiger partial charge in [-0.3, -0.25) is 4.99 Å². The van der Waals surface area contributed by atoms with Crippen LogP contribution >= 0.6 is 0 Å². The molecule has 7 nitrogen and oxygen atoms in total. The van der Waals surface area contributed by atoms with Crippen molar-refractivity contribution in [2.24, 2.45) is 4.99 Å². The van der Waals surface area contributed by atoms with Crippen molar-refractivity contribution in [1.29, 1.82) is 0 Å². The smallest absolute Gasteiger partial charge is 0.240 e. The number of ether oxygens (including phenoxy) is 1. The molecule has 0 radical (unpaired) electrons. The van der Waals surface area contributed by atoms with Crippen LogP contribution in [0.15, 0.2) is 40.2 Å². The van der Waals surface area contributed by atoms with Gasteiger partial charge in [-0.2, -0.15) is 0 Å². The summed E-state index contributed by atoms with van der Waals surface area (Å²) >= 11 is 0. The third-order valence-electron chi connectivity index (χ3n) is 3.92. The fraction of sp³-hybridized carbons (Fsp3) is 0.562. The first-order chi connectivity index (χ1) is 11.5. The van der Waals surface area contributed by atoms with Crippen LogP contribution in [-0.2, 0) is 14.8 Å². The number of nitrogens with one attached hydrogen (secondary N) is 3. The van der Waals surface area contributed by atoms with Crippen LogP contribution in [0, 0.1) is 0 Å². The molecule has 1 atom stereocenters. The molecule has 1 unspecified atom stereocenters. The van der Waals surface area contributed by atoms with Crippen molar-refractivity contribution in [3.63, 3.8) is 0 Å². The molecule has 0 amide bonds. The number of rotatable bonds is 7. The minimum atomic E-state index is -3.47. The summed E-state index contributed by atoms with van der Waals surface area (Å²) in [5.41, 5.74) is -0.160. The van der Waals surface area contributed by atoms with E-state index >= 15 is 0 Å². The average molecular weight is 354 g/mol. The summed E-state index contributed by atoms with van der Waals surface area (Å²) in [6.45, 7) is 4.25. The minimum absolute atomic E-state index is 0.160. The topological polar surface area (TPSA) is 91.8 Å². The quantitative estimate of drug-likeness (QED) is 0.381. The van der Waals surface area contributed by atoms with Gasteiger partial charge in [0.15, 0.2) is 5.96 Å². The second kappa shape index (κ2) is 8.46. The van der Waals surface area contributed by atoms with Crippen LogP contribution in [0.4, 0.5) is 0 Å². The van der Waals surface area contributed by atoms with E-state index in [1.54, 1.807) is 37.4 Å². The molecule has 1 aliphatic heterocycles. The highest BCUT2D eigenvalue weighted by Gasteiger charge is 2.29. The van der Waals surface area contributed by atoms with Crippen molar-refractivity contribution in [3.8, 4) is 0 Å². The lowest BCUT2D eigenvalue weighted by atomic mass is 10.0. The second-order valence-electron chi connectivity index (χ2n) is 5.97. The van der Waals surface area contributed by atoms with Gasteiger partial charge in [-0.25, -0.2) is 13.1 Å². The van der Waals surface area contributed by atoms with Crippen molar-refractivity contribution in [3.05, 3.63) is 30.3 Å². The number of sulfonamides is 1. The van der Waals surface area contributed by atoms with Gasteiger partial charge >= 0.3 is 0 Å². The highest BCUT2D eigenvalue weighted by molar-refractivity contribution is 7.89. The number of aliphatic imine (C=N–C) groups is 1. The van der Waals surface area contributed by atoms with Gasteiger partial charge in [0.1, 0.15) is 0 Å². The van der Waals surface area contributed by atoms with Crippen molar-refractivity contribution in [1.82, 2.24) is 15.4 Å². The van der Waals surface area contributed by atoms with E-state index in [0.29, 0.717) is 19.0 Å². The van der Waals surface area contributed by atoms with E-state index in [-0.39, 0.29) is 17.0 Å². The molecule has 1 aliphatic rings. The van der Waals surface area contributed by atoms with E-state index in [9.17, 15) is 8.42 Å². The SMILES string of the molecule is CN=C(NCCNS(=O)(=O)c1ccccc1)NCC1(C)CCCO1. The summed E-state index contributed by atoms with van der Waals surface area (Å²) < 4.78 is 32.5. The van der Waals surface area contributed by atoms with Gasteiger partial charge in [-0.15, -0.1) is 0 Å². The molecule has 1 heterocycles. The van der Waals surface area contributed by atoms with Crippen LogP contribution in [-0.4, -0.2) is 53.3 Å². The van der Waals surface area contributed by atoms with Gasteiger partial charge in [0.2, 0.25) is 10.0 Å². The number of nitrogens with zero attached hydrogens (tertiary/aromatic N) is 1. The van der Waals surface area contributed by atoms with Crippen LogP contribution in [0.25, 0.3) is 0 Å². The zero-order chi connectivity index (χ0) is 17.5. The Kier molecular flexibility index (Phi) is 6.59. The van der Waals surface area contributed by atoms with Gasteiger partial charge in [-0.1, -0.05) is 18.2 Å². The summed E-state index contributed by atoms with van der Waals surface area (Å²) in [7, 11) is -1.79. The molecular formula is C16H26N4O3S. The molecule has 1 fully saturated rings. The largest absolute Gasteiger partial charge is 0.373 e. The maximum absolute atomic E-state index is 12.1. The molecule has 1 aromatic carbocycles. The number of benzene rings is 1. The Labute approximate surface area is 143 Å². The molecule has 0 bridgehead atoms. The fourth-order valence-corrected chi connectivity index (χ4v) is 3.57. The highest BCUT2D eigenvalue weighted by atomic mass is 32.2. The second-order valence-corrected chi connectivity index (χ2v) is 7.73. The molecule has 0 aliphatic carbocycles. The molecule has 0 aromatic heterocycles. The number of guanidine groups is 1. The van der Waals surface area contributed by atoms with Crippen molar-refractivity contribution in [2.75, 3.05) is 33.3 Å². The highest BCUT2D eigenvalue weighted by Crippen LogP contribution is 2.23. The van der Waals surface area contributed by atoms with Crippen molar-refractivity contribution < 1.29 is 13.2 Å². The molecule has 8 heteroatoms. The maximum Gasteiger partial charge on any atom is 0.240 e. The molecule has 3 N–H and O–H groups in total. The lowest BCUT2D eigenvalue weighted by Crippen LogP contribution is -2.47. The van der Waals surface area contributed by atoms with E-state index in [1.807, 2.05) is 0 Å². The van der Waals surface area contributed by atoms with Gasteiger partial charge in [0.25, 0.3) is 0 Å². The van der Waals surface area contributed by atoms with Crippen molar-refractivity contribution in [2.45, 2.75) is 30.3 Å². The number of hydrogen-bond acceptors (Lipinski definition) is 4. The van der Waals surface area contributed by atoms with Crippen LogP contribution in [0.3, 0.4) is 0 Å². The zero-order valence-corrected chi connectivity index (χ0v) is 15.0. The molecule has 24 heavy (non-hydrogen) atoms. The maximum atomic E-state index is 12.1. The standard InChI is InChI=1S/C16H26N4O3S/c1-16(9-6-12-23-16)13-19-15(17-2)18-10-11-20-24(21,22)14-7-4-3-5-8-14/h3-5,7-8,20H,6,9-13H2,1-2H3,(H2,17,18,19). The fourth-order valence-electron chi connectivity index (χ4n) is 2.52. The first-order valence-corrected chi connectivity index (χ1v) is 9.57. The first-order valence-electron chi connectivity index (χ1n) is 8.08. The van der Waals surface area contributed by atoms with Crippen LogP contribution < -0.4 is 15.4 Å². The van der Waals surface area contributed by atoms with E-state index in [1.165, 1.54) is 0 Å². The van der Waals surface area contributed by atoms with E-state index in [4.69, 9.17) is 4.74 Å². The van der Waals surface area contributed by atoms with Gasteiger partial charge < -0.3 is 15.4 Å². The first kappa shape index (κ1) is 18.7. The molecule has 0 saturated carbocycles. The van der Waals surface area contributed by atoms with Crippen LogP contribution in [0.5, 0.6) is 0 Å².